The molecule has 1 N–H and O–H groups in total. The summed E-state index contributed by atoms with van der Waals surface area (Å²) in [6.45, 7) is 0. The Morgan fingerprint density at radius 2 is 1.58 bits per heavy atom. The van der Waals surface area contributed by atoms with E-state index in [9.17, 15) is 18.3 Å². The van der Waals surface area contributed by atoms with Crippen LogP contribution in [0.3, 0.4) is 0 Å². The van der Waals surface area contributed by atoms with Gasteiger partial charge in [-0.05, 0) is 29.0 Å². The summed E-state index contributed by atoms with van der Waals surface area (Å²) in [5.41, 5.74) is 0.195. The highest BCUT2D eigenvalue weighted by atomic mass is 32.2. The maximum absolute atomic E-state index is 12.9. The van der Waals surface area contributed by atoms with Crippen molar-refractivity contribution in [1.29, 1.82) is 0 Å². The van der Waals surface area contributed by atoms with Crippen LogP contribution >= 0.6 is 0 Å². The van der Waals surface area contributed by atoms with E-state index in [1.54, 1.807) is 24.3 Å². The lowest BCUT2D eigenvalue weighted by Crippen LogP contribution is -2.37. The maximum atomic E-state index is 12.9. The molecule has 1 heterocycles. The van der Waals surface area contributed by atoms with Crippen LogP contribution in [0.4, 0.5) is 0 Å². The molecule has 0 saturated heterocycles. The molecular formula is C20H15NO4S. The second-order valence-electron chi connectivity index (χ2n) is 6.06. The zero-order valence-corrected chi connectivity index (χ0v) is 14.7. The standard InChI is InChI=1S/C20H15NO4S/c1-21-18(20(23)16-8-4-5-9-17(16)26(21,24)25)19(22)15-11-10-13-6-2-3-7-14(13)12-15/h2-12,22H,1H3/b19-18+. The summed E-state index contributed by atoms with van der Waals surface area (Å²) >= 11 is 0. The number of nitrogens with zero attached hydrogens (tertiary/aromatic N) is 1. The number of allylic oxidation sites excluding steroid dienone is 1. The van der Waals surface area contributed by atoms with Crippen LogP contribution in [0.5, 0.6) is 0 Å². The zero-order valence-electron chi connectivity index (χ0n) is 13.9. The molecule has 0 aromatic heterocycles. The van der Waals surface area contributed by atoms with Crippen LogP contribution in [0.25, 0.3) is 16.5 Å². The van der Waals surface area contributed by atoms with Crippen LogP contribution in [-0.4, -0.2) is 30.7 Å². The van der Waals surface area contributed by atoms with Gasteiger partial charge in [-0.2, -0.15) is 0 Å². The van der Waals surface area contributed by atoms with Gasteiger partial charge in [0, 0.05) is 18.2 Å². The number of benzene rings is 3. The predicted molar refractivity (Wildman–Crippen MR) is 99.2 cm³/mol. The Morgan fingerprint density at radius 1 is 0.923 bits per heavy atom. The number of hydrogen-bond donors (Lipinski definition) is 1. The summed E-state index contributed by atoms with van der Waals surface area (Å²) in [5.74, 6) is -0.884. The maximum Gasteiger partial charge on any atom is 0.265 e. The minimum atomic E-state index is -3.90. The topological polar surface area (TPSA) is 74.7 Å². The number of sulfonamides is 1. The number of Topliss-reactive ketones (excluding diaryl/α,β-unsaturated/α-hetero) is 1. The molecule has 0 radical (unpaired) electrons. The molecule has 1 aliphatic rings. The van der Waals surface area contributed by atoms with E-state index in [0.29, 0.717) is 5.56 Å². The number of ketones is 1. The van der Waals surface area contributed by atoms with Crippen LogP contribution < -0.4 is 0 Å². The first-order valence-corrected chi connectivity index (χ1v) is 9.40. The summed E-state index contributed by atoms with van der Waals surface area (Å²) in [6, 6.07) is 18.8. The number of carbonyl (C=O) groups is 1. The number of likely N-dealkylation sites (N-methyl/N-ethyl adjacent to an activating group) is 1. The quantitative estimate of drug-likeness (QED) is 0.528. The fourth-order valence-electron chi connectivity index (χ4n) is 3.15. The molecule has 5 nitrogen and oxygen atoms in total. The fourth-order valence-corrected chi connectivity index (χ4v) is 4.54. The van der Waals surface area contributed by atoms with E-state index in [4.69, 9.17) is 0 Å². The first kappa shape index (κ1) is 16.4. The molecule has 0 unspecified atom stereocenters. The first-order chi connectivity index (χ1) is 12.4. The number of aliphatic hydroxyl groups is 1. The first-order valence-electron chi connectivity index (χ1n) is 7.96. The summed E-state index contributed by atoms with van der Waals surface area (Å²) in [7, 11) is -2.63. The van der Waals surface area contributed by atoms with Gasteiger partial charge in [-0.25, -0.2) is 8.42 Å². The van der Waals surface area contributed by atoms with Gasteiger partial charge < -0.3 is 5.11 Å². The minimum absolute atomic E-state index is 0.0532. The molecule has 1 aliphatic heterocycles. The van der Waals surface area contributed by atoms with Gasteiger partial charge in [0.1, 0.15) is 5.70 Å². The highest BCUT2D eigenvalue weighted by molar-refractivity contribution is 7.89. The molecule has 0 bridgehead atoms. The molecule has 6 heteroatoms. The van der Waals surface area contributed by atoms with Crippen LogP contribution in [0.1, 0.15) is 15.9 Å². The molecule has 4 rings (SSSR count). The van der Waals surface area contributed by atoms with Gasteiger partial charge >= 0.3 is 0 Å². The van der Waals surface area contributed by atoms with Crippen LogP contribution in [0.15, 0.2) is 77.3 Å². The van der Waals surface area contributed by atoms with Gasteiger partial charge in [0.05, 0.1) is 4.90 Å². The van der Waals surface area contributed by atoms with Gasteiger partial charge in [-0.3, -0.25) is 9.10 Å². The fraction of sp³-hybridized carbons (Fsp3) is 0.0500. The van der Waals surface area contributed by atoms with Crippen molar-refractivity contribution in [2.75, 3.05) is 7.05 Å². The molecule has 26 heavy (non-hydrogen) atoms. The number of hydrogen-bond acceptors (Lipinski definition) is 4. The van der Waals surface area contributed by atoms with Crippen molar-refractivity contribution in [2.45, 2.75) is 4.90 Å². The van der Waals surface area contributed by atoms with Crippen LogP contribution in [0, 0.1) is 0 Å². The van der Waals surface area contributed by atoms with Crippen molar-refractivity contribution in [1.82, 2.24) is 4.31 Å². The molecule has 3 aromatic carbocycles. The molecule has 3 aromatic rings. The van der Waals surface area contributed by atoms with Crippen molar-refractivity contribution >= 4 is 32.3 Å². The zero-order chi connectivity index (χ0) is 18.5. The Balaban J connectivity index is 1.96. The van der Waals surface area contributed by atoms with Crippen molar-refractivity contribution in [2.24, 2.45) is 0 Å². The Kier molecular flexibility index (Phi) is 3.59. The lowest BCUT2D eigenvalue weighted by molar-refractivity contribution is 0.100. The Labute approximate surface area is 150 Å². The molecular weight excluding hydrogens is 350 g/mol. The highest BCUT2D eigenvalue weighted by Crippen LogP contribution is 2.34. The van der Waals surface area contributed by atoms with E-state index < -0.39 is 15.8 Å². The largest absolute Gasteiger partial charge is 0.505 e. The van der Waals surface area contributed by atoms with Crippen molar-refractivity contribution in [3.05, 3.63) is 83.6 Å². The Bertz CT molecular complexity index is 1200. The van der Waals surface area contributed by atoms with Crippen molar-refractivity contribution in [3.63, 3.8) is 0 Å². The van der Waals surface area contributed by atoms with Crippen molar-refractivity contribution in [3.8, 4) is 0 Å². The van der Waals surface area contributed by atoms with Gasteiger partial charge in [-0.15, -0.1) is 0 Å². The smallest absolute Gasteiger partial charge is 0.265 e. The number of carbonyl (C=O) groups excluding carboxylic acids is 1. The molecule has 0 atom stereocenters. The van der Waals surface area contributed by atoms with E-state index in [2.05, 4.69) is 0 Å². The van der Waals surface area contributed by atoms with Gasteiger partial charge in [-0.1, -0.05) is 48.5 Å². The summed E-state index contributed by atoms with van der Waals surface area (Å²) in [6.07, 6.45) is 0. The third-order valence-electron chi connectivity index (χ3n) is 4.55. The Hall–Kier alpha value is -3.12. The van der Waals surface area contributed by atoms with E-state index in [1.807, 2.05) is 30.3 Å². The highest BCUT2D eigenvalue weighted by Gasteiger charge is 2.39. The van der Waals surface area contributed by atoms with E-state index in [-0.39, 0.29) is 21.9 Å². The van der Waals surface area contributed by atoms with E-state index in [1.165, 1.54) is 19.2 Å². The number of fused-ring (bicyclic) bond motifs is 2. The molecule has 0 amide bonds. The van der Waals surface area contributed by atoms with Crippen LogP contribution in [0.2, 0.25) is 0 Å². The molecule has 0 saturated carbocycles. The monoisotopic (exact) mass is 365 g/mol. The SMILES string of the molecule is CN1/C(=C(/O)c2ccc3ccccc3c2)C(=O)c2ccccc2S1(=O)=O. The van der Waals surface area contributed by atoms with Gasteiger partial charge in [0.15, 0.2) is 5.76 Å². The summed E-state index contributed by atoms with van der Waals surface area (Å²) in [4.78, 5) is 12.8. The lowest BCUT2D eigenvalue weighted by atomic mass is 10.0. The molecule has 0 spiro atoms. The van der Waals surface area contributed by atoms with Gasteiger partial charge in [0.2, 0.25) is 5.78 Å². The van der Waals surface area contributed by atoms with Gasteiger partial charge in [0.25, 0.3) is 10.0 Å². The van der Waals surface area contributed by atoms with Crippen molar-refractivity contribution < 1.29 is 18.3 Å². The predicted octanol–water partition coefficient (Wildman–Crippen LogP) is 3.58. The van der Waals surface area contributed by atoms with Crippen LogP contribution in [-0.2, 0) is 10.0 Å². The summed E-state index contributed by atoms with van der Waals surface area (Å²) < 4.78 is 26.3. The second-order valence-corrected chi connectivity index (χ2v) is 7.99. The lowest BCUT2D eigenvalue weighted by Gasteiger charge is -2.28. The average molecular weight is 365 g/mol. The average Bonchev–Trinajstić information content (AvgIpc) is 2.66. The second kappa shape index (κ2) is 5.71. The van der Waals surface area contributed by atoms with E-state index >= 15 is 0 Å². The third kappa shape index (κ3) is 2.30. The summed E-state index contributed by atoms with van der Waals surface area (Å²) in [5, 5.41) is 12.6. The normalized spacial score (nSPS) is 17.9. The third-order valence-corrected chi connectivity index (χ3v) is 6.36. The molecule has 0 aliphatic carbocycles. The Morgan fingerprint density at radius 3 is 2.35 bits per heavy atom. The van der Waals surface area contributed by atoms with E-state index in [0.717, 1.165) is 15.1 Å². The number of rotatable bonds is 1. The molecule has 0 fully saturated rings. The number of aliphatic hydroxyl groups excluding tert-OH is 1. The minimum Gasteiger partial charge on any atom is -0.505 e. The molecule has 130 valence electrons.